The van der Waals surface area contributed by atoms with Crippen LogP contribution in [0.2, 0.25) is 0 Å². The summed E-state index contributed by atoms with van der Waals surface area (Å²) in [6, 6.07) is -0.475. The van der Waals surface area contributed by atoms with E-state index in [0.717, 1.165) is 0 Å². The van der Waals surface area contributed by atoms with Gasteiger partial charge in [0.25, 0.3) is 0 Å². The highest BCUT2D eigenvalue weighted by Crippen LogP contribution is 2.13. The molecule has 82 valence electrons. The molecule has 2 N–H and O–H groups in total. The largest absolute Gasteiger partial charge is 0.453 e. The smallest absolute Gasteiger partial charge is 0.303 e. The number of carbonyl (C=O) groups is 2. The van der Waals surface area contributed by atoms with Crippen LogP contribution in [0.3, 0.4) is 0 Å². The lowest BCUT2D eigenvalue weighted by Gasteiger charge is -2.19. The molecule has 2 atom stereocenters. The van der Waals surface area contributed by atoms with Crippen molar-refractivity contribution in [3.63, 3.8) is 0 Å². The Morgan fingerprint density at radius 2 is 2.20 bits per heavy atom. The van der Waals surface area contributed by atoms with Crippen LogP contribution in [0.15, 0.2) is 17.3 Å². The van der Waals surface area contributed by atoms with Gasteiger partial charge < -0.3 is 15.3 Å². The second kappa shape index (κ2) is 4.59. The summed E-state index contributed by atoms with van der Waals surface area (Å²) >= 11 is 0. The van der Waals surface area contributed by atoms with Crippen LogP contribution in [0.4, 0.5) is 0 Å². The van der Waals surface area contributed by atoms with Crippen molar-refractivity contribution in [2.75, 3.05) is 0 Å². The predicted octanol–water partition coefficient (Wildman–Crippen LogP) is -0.177. The molecule has 0 aromatic rings. The van der Waals surface area contributed by atoms with Crippen molar-refractivity contribution < 1.29 is 19.5 Å². The van der Waals surface area contributed by atoms with E-state index in [2.05, 4.69) is 10.5 Å². The summed E-state index contributed by atoms with van der Waals surface area (Å²) < 4.78 is 4.92. The van der Waals surface area contributed by atoms with Crippen LogP contribution in [-0.2, 0) is 14.3 Å². The lowest BCUT2D eigenvalue weighted by atomic mass is 10.2. The number of rotatable bonds is 2. The first-order valence-corrected chi connectivity index (χ1v) is 4.39. The highest BCUT2D eigenvalue weighted by Gasteiger charge is 2.32. The van der Waals surface area contributed by atoms with Crippen LogP contribution in [-0.4, -0.2) is 34.9 Å². The minimum absolute atomic E-state index is 0.212. The van der Waals surface area contributed by atoms with Gasteiger partial charge in [0.1, 0.15) is 5.71 Å². The van der Waals surface area contributed by atoms with Gasteiger partial charge in [-0.3, -0.25) is 9.59 Å². The van der Waals surface area contributed by atoms with Gasteiger partial charge in [0, 0.05) is 13.8 Å². The van der Waals surface area contributed by atoms with Gasteiger partial charge in [-0.05, 0) is 6.08 Å². The number of carbonyl (C=O) groups excluding carboxylic acids is 2. The summed E-state index contributed by atoms with van der Waals surface area (Å²) in [5.41, 5.74) is 0.212. The van der Waals surface area contributed by atoms with Crippen LogP contribution in [0.5, 0.6) is 0 Å². The van der Waals surface area contributed by atoms with Gasteiger partial charge in [-0.25, -0.2) is 0 Å². The SMILES string of the molecule is CC(=O)N[C@H]1C=C/C(=N\O)[C@@H]1OC(C)=O. The molecule has 0 radical (unpaired) electrons. The van der Waals surface area contributed by atoms with Gasteiger partial charge in [0.05, 0.1) is 6.04 Å². The van der Waals surface area contributed by atoms with Crippen molar-refractivity contribution in [1.82, 2.24) is 5.32 Å². The van der Waals surface area contributed by atoms with Gasteiger partial charge in [-0.15, -0.1) is 0 Å². The molecule has 0 saturated carbocycles. The van der Waals surface area contributed by atoms with E-state index in [4.69, 9.17) is 9.94 Å². The molecule has 0 heterocycles. The molecular weight excluding hydrogens is 200 g/mol. The first-order valence-electron chi connectivity index (χ1n) is 4.39. The first kappa shape index (κ1) is 11.2. The van der Waals surface area contributed by atoms with E-state index in [0.29, 0.717) is 0 Å². The molecule has 0 fully saturated rings. The number of nitrogens with zero attached hydrogens (tertiary/aromatic N) is 1. The predicted molar refractivity (Wildman–Crippen MR) is 51.5 cm³/mol. The molecule has 0 bridgehead atoms. The monoisotopic (exact) mass is 212 g/mol. The quantitative estimate of drug-likeness (QED) is 0.377. The molecular formula is C9H12N2O4. The summed E-state index contributed by atoms with van der Waals surface area (Å²) in [7, 11) is 0. The fourth-order valence-corrected chi connectivity index (χ4v) is 1.34. The summed E-state index contributed by atoms with van der Waals surface area (Å²) in [6.07, 6.45) is 2.34. The first-order chi connectivity index (χ1) is 7.04. The van der Waals surface area contributed by atoms with Gasteiger partial charge in [0.15, 0.2) is 6.10 Å². The van der Waals surface area contributed by atoms with Crippen molar-refractivity contribution in [3.05, 3.63) is 12.2 Å². The van der Waals surface area contributed by atoms with E-state index in [-0.39, 0.29) is 11.6 Å². The molecule has 0 unspecified atom stereocenters. The maximum Gasteiger partial charge on any atom is 0.303 e. The number of ether oxygens (including phenoxy) is 1. The number of esters is 1. The maximum atomic E-state index is 10.8. The van der Waals surface area contributed by atoms with E-state index < -0.39 is 18.1 Å². The van der Waals surface area contributed by atoms with E-state index in [1.165, 1.54) is 19.9 Å². The van der Waals surface area contributed by atoms with Crippen molar-refractivity contribution in [2.24, 2.45) is 5.16 Å². The molecule has 1 aliphatic carbocycles. The van der Waals surface area contributed by atoms with E-state index >= 15 is 0 Å². The number of hydrogen-bond donors (Lipinski definition) is 2. The molecule has 1 amide bonds. The van der Waals surface area contributed by atoms with Crippen molar-refractivity contribution in [2.45, 2.75) is 26.0 Å². The fourth-order valence-electron chi connectivity index (χ4n) is 1.34. The number of oxime groups is 1. The summed E-state index contributed by atoms with van der Waals surface area (Å²) in [5, 5.41) is 14.2. The molecule has 6 nitrogen and oxygen atoms in total. The Morgan fingerprint density at radius 1 is 1.53 bits per heavy atom. The van der Waals surface area contributed by atoms with Gasteiger partial charge >= 0.3 is 5.97 Å². The molecule has 0 spiro atoms. The standard InChI is InChI=1S/C9H12N2O4/c1-5(12)10-7-3-4-8(11-14)9(7)15-6(2)13/h3-4,7,9,14H,1-2H3,(H,10,12)/b11-8+/t7-,9+/m0/s1. The minimum atomic E-state index is -0.753. The topological polar surface area (TPSA) is 88.0 Å². The Labute approximate surface area is 86.6 Å². The lowest BCUT2D eigenvalue weighted by molar-refractivity contribution is -0.144. The second-order valence-electron chi connectivity index (χ2n) is 3.14. The zero-order valence-electron chi connectivity index (χ0n) is 8.43. The van der Waals surface area contributed by atoms with Crippen molar-refractivity contribution >= 4 is 17.6 Å². The molecule has 1 rings (SSSR count). The Morgan fingerprint density at radius 3 is 2.67 bits per heavy atom. The van der Waals surface area contributed by atoms with E-state index in [1.54, 1.807) is 6.08 Å². The van der Waals surface area contributed by atoms with Gasteiger partial charge in [-0.2, -0.15) is 0 Å². The third-order valence-electron chi connectivity index (χ3n) is 1.87. The number of hydrogen-bond acceptors (Lipinski definition) is 5. The summed E-state index contributed by atoms with van der Waals surface area (Å²) in [6.45, 7) is 2.60. The molecule has 6 heteroatoms. The second-order valence-corrected chi connectivity index (χ2v) is 3.14. The molecule has 0 aliphatic heterocycles. The highest BCUT2D eigenvalue weighted by atomic mass is 16.5. The average molecular weight is 212 g/mol. The molecule has 0 saturated heterocycles. The van der Waals surface area contributed by atoms with Crippen LogP contribution >= 0.6 is 0 Å². The number of amides is 1. The molecule has 0 aromatic heterocycles. The summed E-state index contributed by atoms with van der Waals surface area (Å²) in [5.74, 6) is -0.749. The number of nitrogens with one attached hydrogen (secondary N) is 1. The third-order valence-corrected chi connectivity index (χ3v) is 1.87. The van der Waals surface area contributed by atoms with Crippen LogP contribution in [0.1, 0.15) is 13.8 Å². The minimum Gasteiger partial charge on any atom is -0.453 e. The van der Waals surface area contributed by atoms with Crippen LogP contribution in [0, 0.1) is 0 Å². The van der Waals surface area contributed by atoms with Crippen LogP contribution < -0.4 is 5.32 Å². The summed E-state index contributed by atoms with van der Waals surface area (Å²) in [4.78, 5) is 21.6. The fraction of sp³-hybridized carbons (Fsp3) is 0.444. The van der Waals surface area contributed by atoms with Crippen molar-refractivity contribution in [3.8, 4) is 0 Å². The zero-order valence-corrected chi connectivity index (χ0v) is 8.43. The van der Waals surface area contributed by atoms with Crippen LogP contribution in [0.25, 0.3) is 0 Å². The molecule has 15 heavy (non-hydrogen) atoms. The maximum absolute atomic E-state index is 10.8. The van der Waals surface area contributed by atoms with Gasteiger partial charge in [0.2, 0.25) is 5.91 Å². The molecule has 1 aliphatic rings. The molecule has 0 aromatic carbocycles. The normalized spacial score (nSPS) is 26.7. The Balaban J connectivity index is 2.75. The lowest BCUT2D eigenvalue weighted by Crippen LogP contribution is -2.43. The Kier molecular flexibility index (Phi) is 3.43. The van der Waals surface area contributed by atoms with E-state index in [9.17, 15) is 9.59 Å². The zero-order chi connectivity index (χ0) is 11.4. The highest BCUT2D eigenvalue weighted by molar-refractivity contribution is 6.02. The Bertz CT molecular complexity index is 335. The average Bonchev–Trinajstić information content (AvgIpc) is 2.47. The van der Waals surface area contributed by atoms with Crippen molar-refractivity contribution in [1.29, 1.82) is 0 Å². The third kappa shape index (κ3) is 2.80. The Hall–Kier alpha value is -1.85. The van der Waals surface area contributed by atoms with E-state index in [1.807, 2.05) is 0 Å². The van der Waals surface area contributed by atoms with Gasteiger partial charge in [-0.1, -0.05) is 11.2 Å².